The van der Waals surface area contributed by atoms with Crippen LogP contribution in [0.3, 0.4) is 0 Å². The quantitative estimate of drug-likeness (QED) is 0.667. The molecule has 0 spiro atoms. The molecule has 0 aromatic carbocycles. The Morgan fingerprint density at radius 2 is 2.45 bits per heavy atom. The zero-order valence-corrected chi connectivity index (χ0v) is 7.04. The number of aryl methyl sites for hydroxylation is 1. The van der Waals surface area contributed by atoms with Crippen molar-refractivity contribution in [3.63, 3.8) is 0 Å². The molecule has 62 valence electrons. The summed E-state index contributed by atoms with van der Waals surface area (Å²) in [6.07, 6.45) is 2.94. The second-order valence-corrected chi connectivity index (χ2v) is 2.42. The minimum Gasteiger partial charge on any atom is -0.319 e. The molecule has 1 aromatic heterocycles. The van der Waals surface area contributed by atoms with E-state index in [-0.39, 0.29) is 0 Å². The van der Waals surface area contributed by atoms with E-state index in [2.05, 4.69) is 22.6 Å². The smallest absolute Gasteiger partial charge is 0.0839 e. The van der Waals surface area contributed by atoms with Gasteiger partial charge in [-0.15, -0.1) is 5.10 Å². The van der Waals surface area contributed by atoms with Crippen molar-refractivity contribution in [2.75, 3.05) is 13.6 Å². The molecule has 1 heterocycles. The Morgan fingerprint density at radius 1 is 1.64 bits per heavy atom. The first-order valence-corrected chi connectivity index (χ1v) is 3.90. The standard InChI is InChI=1S/C7H14N4/c1-3-11-6-7(9-10-11)4-5-8-2/h6,8H,3-5H2,1-2H3. The lowest BCUT2D eigenvalue weighted by Crippen LogP contribution is -2.10. The van der Waals surface area contributed by atoms with Crippen molar-refractivity contribution in [2.24, 2.45) is 0 Å². The topological polar surface area (TPSA) is 42.7 Å². The maximum atomic E-state index is 4.00. The maximum absolute atomic E-state index is 4.00. The molecule has 0 amide bonds. The zero-order valence-electron chi connectivity index (χ0n) is 7.04. The van der Waals surface area contributed by atoms with Gasteiger partial charge >= 0.3 is 0 Å². The summed E-state index contributed by atoms with van der Waals surface area (Å²) < 4.78 is 1.84. The molecule has 0 fully saturated rings. The van der Waals surface area contributed by atoms with E-state index in [4.69, 9.17) is 0 Å². The van der Waals surface area contributed by atoms with E-state index in [1.54, 1.807) is 0 Å². The van der Waals surface area contributed by atoms with Gasteiger partial charge in [0.15, 0.2) is 0 Å². The molecule has 0 saturated heterocycles. The third-order valence-corrected chi connectivity index (χ3v) is 1.54. The second-order valence-electron chi connectivity index (χ2n) is 2.42. The Hall–Kier alpha value is -0.900. The van der Waals surface area contributed by atoms with Gasteiger partial charge in [-0.2, -0.15) is 0 Å². The first-order valence-electron chi connectivity index (χ1n) is 3.90. The Morgan fingerprint density at radius 3 is 3.00 bits per heavy atom. The highest BCUT2D eigenvalue weighted by atomic mass is 15.4. The van der Waals surface area contributed by atoms with Gasteiger partial charge in [0.25, 0.3) is 0 Å². The lowest BCUT2D eigenvalue weighted by Gasteiger charge is -1.92. The number of likely N-dealkylation sites (N-methyl/N-ethyl adjacent to an activating group) is 1. The molecule has 0 radical (unpaired) electrons. The molecule has 1 rings (SSSR count). The van der Waals surface area contributed by atoms with Gasteiger partial charge in [-0.3, -0.25) is 4.68 Å². The van der Waals surface area contributed by atoms with Crippen LogP contribution in [0.15, 0.2) is 6.20 Å². The van der Waals surface area contributed by atoms with Crippen molar-refractivity contribution in [1.29, 1.82) is 0 Å². The lowest BCUT2D eigenvalue weighted by molar-refractivity contribution is 0.626. The van der Waals surface area contributed by atoms with Crippen molar-refractivity contribution >= 4 is 0 Å². The Labute approximate surface area is 66.6 Å². The minimum absolute atomic E-state index is 0.895. The molecule has 4 heteroatoms. The highest BCUT2D eigenvalue weighted by molar-refractivity contribution is 4.92. The van der Waals surface area contributed by atoms with Crippen LogP contribution in [0, 0.1) is 0 Å². The molecule has 0 unspecified atom stereocenters. The highest BCUT2D eigenvalue weighted by Gasteiger charge is 1.96. The number of hydrogen-bond donors (Lipinski definition) is 1. The van der Waals surface area contributed by atoms with Crippen LogP contribution in [0.5, 0.6) is 0 Å². The van der Waals surface area contributed by atoms with Crippen LogP contribution in [-0.2, 0) is 13.0 Å². The van der Waals surface area contributed by atoms with E-state index in [0.29, 0.717) is 0 Å². The van der Waals surface area contributed by atoms with E-state index < -0.39 is 0 Å². The van der Waals surface area contributed by atoms with E-state index in [9.17, 15) is 0 Å². The molecule has 1 aromatic rings. The Balaban J connectivity index is 2.44. The van der Waals surface area contributed by atoms with Gasteiger partial charge in [0.05, 0.1) is 5.69 Å². The fourth-order valence-corrected chi connectivity index (χ4v) is 0.861. The van der Waals surface area contributed by atoms with Crippen LogP contribution in [0.1, 0.15) is 12.6 Å². The normalized spacial score (nSPS) is 10.4. The molecule has 1 N–H and O–H groups in total. The largest absolute Gasteiger partial charge is 0.319 e. The summed E-state index contributed by atoms with van der Waals surface area (Å²) >= 11 is 0. The molecule has 11 heavy (non-hydrogen) atoms. The number of rotatable bonds is 4. The summed E-state index contributed by atoms with van der Waals surface area (Å²) in [7, 11) is 1.93. The summed E-state index contributed by atoms with van der Waals surface area (Å²) in [5.41, 5.74) is 1.06. The molecular formula is C7H14N4. The summed E-state index contributed by atoms with van der Waals surface area (Å²) in [5, 5.41) is 11.0. The number of nitrogens with zero attached hydrogens (tertiary/aromatic N) is 3. The fraction of sp³-hybridized carbons (Fsp3) is 0.714. The molecule has 0 aliphatic heterocycles. The van der Waals surface area contributed by atoms with Crippen molar-refractivity contribution in [3.8, 4) is 0 Å². The lowest BCUT2D eigenvalue weighted by atomic mass is 10.3. The second kappa shape index (κ2) is 4.08. The molecule has 0 aliphatic rings. The van der Waals surface area contributed by atoms with Gasteiger partial charge in [0.1, 0.15) is 0 Å². The summed E-state index contributed by atoms with van der Waals surface area (Å²) in [4.78, 5) is 0. The van der Waals surface area contributed by atoms with Crippen LogP contribution in [0.2, 0.25) is 0 Å². The van der Waals surface area contributed by atoms with Gasteiger partial charge in [-0.25, -0.2) is 0 Å². The van der Waals surface area contributed by atoms with Gasteiger partial charge in [-0.1, -0.05) is 5.21 Å². The summed E-state index contributed by atoms with van der Waals surface area (Å²) in [5.74, 6) is 0. The fourth-order valence-electron chi connectivity index (χ4n) is 0.861. The van der Waals surface area contributed by atoms with Crippen molar-refractivity contribution < 1.29 is 0 Å². The van der Waals surface area contributed by atoms with Crippen LogP contribution in [0.25, 0.3) is 0 Å². The van der Waals surface area contributed by atoms with E-state index >= 15 is 0 Å². The SMILES string of the molecule is CCn1cc(CCNC)nn1. The van der Waals surface area contributed by atoms with Gasteiger partial charge in [-0.05, 0) is 14.0 Å². The highest BCUT2D eigenvalue weighted by Crippen LogP contribution is 1.92. The Bertz CT molecular complexity index is 206. The van der Waals surface area contributed by atoms with Crippen LogP contribution in [0.4, 0.5) is 0 Å². The van der Waals surface area contributed by atoms with Crippen molar-refractivity contribution in [3.05, 3.63) is 11.9 Å². The van der Waals surface area contributed by atoms with Crippen LogP contribution in [-0.4, -0.2) is 28.6 Å². The van der Waals surface area contributed by atoms with E-state index in [0.717, 1.165) is 25.2 Å². The third-order valence-electron chi connectivity index (χ3n) is 1.54. The molecule has 0 bridgehead atoms. The summed E-state index contributed by atoms with van der Waals surface area (Å²) in [6, 6.07) is 0. The molecule has 0 saturated carbocycles. The number of hydrogen-bond acceptors (Lipinski definition) is 3. The third kappa shape index (κ3) is 2.31. The molecule has 4 nitrogen and oxygen atoms in total. The first kappa shape index (κ1) is 8.20. The summed E-state index contributed by atoms with van der Waals surface area (Å²) in [6.45, 7) is 3.91. The van der Waals surface area contributed by atoms with Gasteiger partial charge < -0.3 is 5.32 Å². The number of nitrogens with one attached hydrogen (secondary N) is 1. The van der Waals surface area contributed by atoms with Crippen LogP contribution < -0.4 is 5.32 Å². The predicted molar refractivity (Wildman–Crippen MR) is 43.3 cm³/mol. The molecule has 0 aliphatic carbocycles. The first-order chi connectivity index (χ1) is 5.36. The zero-order chi connectivity index (χ0) is 8.10. The van der Waals surface area contributed by atoms with Crippen molar-refractivity contribution in [1.82, 2.24) is 20.3 Å². The van der Waals surface area contributed by atoms with Crippen LogP contribution >= 0.6 is 0 Å². The molecular weight excluding hydrogens is 140 g/mol. The predicted octanol–water partition coefficient (Wildman–Crippen LogP) is 0.0599. The maximum Gasteiger partial charge on any atom is 0.0839 e. The van der Waals surface area contributed by atoms with Gasteiger partial charge in [0, 0.05) is 25.7 Å². The van der Waals surface area contributed by atoms with Gasteiger partial charge in [0.2, 0.25) is 0 Å². The monoisotopic (exact) mass is 154 g/mol. The van der Waals surface area contributed by atoms with E-state index in [1.807, 2.05) is 17.9 Å². The average Bonchev–Trinajstić information content (AvgIpc) is 2.48. The van der Waals surface area contributed by atoms with E-state index in [1.165, 1.54) is 0 Å². The molecule has 0 atom stereocenters. The minimum atomic E-state index is 0.895. The Kier molecular flexibility index (Phi) is 3.04. The number of aromatic nitrogens is 3. The van der Waals surface area contributed by atoms with Crippen molar-refractivity contribution in [2.45, 2.75) is 19.9 Å². The average molecular weight is 154 g/mol.